The van der Waals surface area contributed by atoms with Crippen LogP contribution in [0.5, 0.6) is 0 Å². The van der Waals surface area contributed by atoms with Gasteiger partial charge in [-0.1, -0.05) is 37.6 Å². The summed E-state index contributed by atoms with van der Waals surface area (Å²) in [5.41, 5.74) is 3.12. The lowest BCUT2D eigenvalue weighted by molar-refractivity contribution is 0.0947. The van der Waals surface area contributed by atoms with Gasteiger partial charge in [-0.25, -0.2) is 0 Å². The topological polar surface area (TPSA) is 58.1 Å². The number of hydrogen-bond donors (Lipinski definition) is 1. The molecule has 1 aliphatic rings. The molecule has 2 heterocycles. The minimum absolute atomic E-state index is 0.151. The van der Waals surface area contributed by atoms with E-state index in [1.54, 1.807) is 6.07 Å². The molecule has 0 aliphatic carbocycles. The SMILES string of the molecule is CCCCNC(=O)c1ccc(N2CCc3ccccc3C2)nn1. The molecule has 0 radical (unpaired) electrons. The average molecular weight is 310 g/mol. The molecule has 120 valence electrons. The number of aromatic nitrogens is 2. The fraction of sp³-hybridized carbons (Fsp3) is 0.389. The molecule has 3 rings (SSSR count). The number of fused-ring (bicyclic) bond motifs is 1. The number of nitrogens with one attached hydrogen (secondary N) is 1. The molecule has 0 saturated heterocycles. The van der Waals surface area contributed by atoms with Gasteiger partial charge in [0.2, 0.25) is 0 Å². The van der Waals surface area contributed by atoms with Crippen molar-refractivity contribution in [2.75, 3.05) is 18.0 Å². The van der Waals surface area contributed by atoms with Crippen LogP contribution in [0.25, 0.3) is 0 Å². The highest BCUT2D eigenvalue weighted by atomic mass is 16.1. The zero-order chi connectivity index (χ0) is 16.1. The minimum atomic E-state index is -0.151. The first kappa shape index (κ1) is 15.5. The molecular weight excluding hydrogens is 288 g/mol. The Bertz CT molecular complexity index is 669. The third-order valence-corrected chi connectivity index (χ3v) is 4.15. The molecule has 5 heteroatoms. The summed E-state index contributed by atoms with van der Waals surface area (Å²) in [5, 5.41) is 11.2. The van der Waals surface area contributed by atoms with E-state index in [4.69, 9.17) is 0 Å². The number of carbonyl (C=O) groups excluding carboxylic acids is 1. The Morgan fingerprint density at radius 1 is 1.17 bits per heavy atom. The Labute approximate surface area is 136 Å². The van der Waals surface area contributed by atoms with Crippen LogP contribution < -0.4 is 10.2 Å². The zero-order valence-electron chi connectivity index (χ0n) is 13.5. The van der Waals surface area contributed by atoms with Gasteiger partial charge in [0, 0.05) is 19.6 Å². The Kier molecular flexibility index (Phi) is 4.86. The molecule has 0 unspecified atom stereocenters. The molecule has 1 aromatic heterocycles. The van der Waals surface area contributed by atoms with Crippen molar-refractivity contribution in [3.8, 4) is 0 Å². The van der Waals surface area contributed by atoms with Crippen LogP contribution in [0.2, 0.25) is 0 Å². The number of anilines is 1. The van der Waals surface area contributed by atoms with Gasteiger partial charge in [-0.3, -0.25) is 4.79 Å². The number of nitrogens with zero attached hydrogens (tertiary/aromatic N) is 3. The molecule has 0 saturated carbocycles. The molecule has 1 N–H and O–H groups in total. The summed E-state index contributed by atoms with van der Waals surface area (Å²) >= 11 is 0. The molecule has 1 aliphatic heterocycles. The van der Waals surface area contributed by atoms with Crippen LogP contribution >= 0.6 is 0 Å². The number of benzene rings is 1. The maximum atomic E-state index is 11.9. The summed E-state index contributed by atoms with van der Waals surface area (Å²) in [5.74, 6) is 0.672. The van der Waals surface area contributed by atoms with Crippen molar-refractivity contribution in [1.29, 1.82) is 0 Å². The van der Waals surface area contributed by atoms with Crippen LogP contribution in [0.3, 0.4) is 0 Å². The second-order valence-corrected chi connectivity index (χ2v) is 5.83. The molecular formula is C18H22N4O. The van der Waals surface area contributed by atoms with Gasteiger partial charge < -0.3 is 10.2 Å². The standard InChI is InChI=1S/C18H22N4O/c1-2-3-11-19-18(23)16-8-9-17(21-20-16)22-12-10-14-6-4-5-7-15(14)13-22/h4-9H,2-3,10-13H2,1H3,(H,19,23). The summed E-state index contributed by atoms with van der Waals surface area (Å²) in [6, 6.07) is 12.1. The van der Waals surface area contributed by atoms with Crippen molar-refractivity contribution in [1.82, 2.24) is 15.5 Å². The molecule has 0 spiro atoms. The molecule has 0 bridgehead atoms. The Balaban J connectivity index is 1.65. The van der Waals surface area contributed by atoms with Crippen molar-refractivity contribution in [3.05, 3.63) is 53.2 Å². The predicted molar refractivity (Wildman–Crippen MR) is 90.5 cm³/mol. The highest BCUT2D eigenvalue weighted by Gasteiger charge is 2.17. The molecule has 0 atom stereocenters. The third-order valence-electron chi connectivity index (χ3n) is 4.15. The maximum Gasteiger partial charge on any atom is 0.271 e. The van der Waals surface area contributed by atoms with Gasteiger partial charge in [0.25, 0.3) is 5.91 Å². The van der Waals surface area contributed by atoms with Crippen molar-refractivity contribution in [2.24, 2.45) is 0 Å². The van der Waals surface area contributed by atoms with Gasteiger partial charge in [-0.2, -0.15) is 0 Å². The van der Waals surface area contributed by atoms with Crippen LogP contribution in [0.1, 0.15) is 41.4 Å². The quantitative estimate of drug-likeness (QED) is 0.862. The second-order valence-electron chi connectivity index (χ2n) is 5.83. The highest BCUT2D eigenvalue weighted by Crippen LogP contribution is 2.22. The van der Waals surface area contributed by atoms with E-state index in [9.17, 15) is 4.79 Å². The highest BCUT2D eigenvalue weighted by molar-refractivity contribution is 5.92. The molecule has 1 aromatic carbocycles. The van der Waals surface area contributed by atoms with Gasteiger partial charge in [-0.15, -0.1) is 10.2 Å². The lowest BCUT2D eigenvalue weighted by Gasteiger charge is -2.29. The zero-order valence-corrected chi connectivity index (χ0v) is 13.5. The Hall–Kier alpha value is -2.43. The smallest absolute Gasteiger partial charge is 0.271 e. The van der Waals surface area contributed by atoms with Crippen LogP contribution in [0.15, 0.2) is 36.4 Å². The first-order valence-electron chi connectivity index (χ1n) is 8.21. The average Bonchev–Trinajstić information content (AvgIpc) is 2.61. The molecule has 23 heavy (non-hydrogen) atoms. The van der Waals surface area contributed by atoms with E-state index in [0.29, 0.717) is 12.2 Å². The van der Waals surface area contributed by atoms with Crippen molar-refractivity contribution < 1.29 is 4.79 Å². The predicted octanol–water partition coefficient (Wildman–Crippen LogP) is 2.57. The molecule has 1 amide bonds. The van der Waals surface area contributed by atoms with Crippen molar-refractivity contribution in [3.63, 3.8) is 0 Å². The summed E-state index contributed by atoms with van der Waals surface area (Å²) in [6.45, 7) is 4.54. The van der Waals surface area contributed by atoms with E-state index in [2.05, 4.69) is 51.6 Å². The normalized spacial score (nSPS) is 13.5. The van der Waals surface area contributed by atoms with E-state index in [1.165, 1.54) is 11.1 Å². The number of rotatable bonds is 5. The van der Waals surface area contributed by atoms with E-state index in [-0.39, 0.29) is 5.91 Å². The number of unbranched alkanes of at least 4 members (excludes halogenated alkanes) is 1. The third kappa shape index (κ3) is 3.67. The van der Waals surface area contributed by atoms with E-state index in [0.717, 1.165) is 38.2 Å². The van der Waals surface area contributed by atoms with Gasteiger partial charge in [0.05, 0.1) is 0 Å². The fourth-order valence-corrected chi connectivity index (χ4v) is 2.78. The first-order chi connectivity index (χ1) is 11.3. The van der Waals surface area contributed by atoms with Gasteiger partial charge >= 0.3 is 0 Å². The fourth-order valence-electron chi connectivity index (χ4n) is 2.78. The first-order valence-corrected chi connectivity index (χ1v) is 8.21. The minimum Gasteiger partial charge on any atom is -0.351 e. The number of carbonyl (C=O) groups is 1. The number of amides is 1. The maximum absolute atomic E-state index is 11.9. The summed E-state index contributed by atoms with van der Waals surface area (Å²) < 4.78 is 0. The van der Waals surface area contributed by atoms with Crippen LogP contribution in [-0.4, -0.2) is 29.2 Å². The summed E-state index contributed by atoms with van der Waals surface area (Å²) in [6.07, 6.45) is 3.04. The summed E-state index contributed by atoms with van der Waals surface area (Å²) in [4.78, 5) is 14.1. The van der Waals surface area contributed by atoms with Crippen LogP contribution in [0.4, 0.5) is 5.82 Å². The second kappa shape index (κ2) is 7.22. The molecule has 5 nitrogen and oxygen atoms in total. The van der Waals surface area contributed by atoms with Gasteiger partial charge in [0.1, 0.15) is 0 Å². The monoisotopic (exact) mass is 310 g/mol. The lowest BCUT2D eigenvalue weighted by atomic mass is 10.00. The lowest BCUT2D eigenvalue weighted by Crippen LogP contribution is -2.31. The molecule has 0 fully saturated rings. The van der Waals surface area contributed by atoms with Crippen molar-refractivity contribution >= 4 is 11.7 Å². The Morgan fingerprint density at radius 3 is 2.74 bits per heavy atom. The Morgan fingerprint density at radius 2 is 2.00 bits per heavy atom. The van der Waals surface area contributed by atoms with Crippen LogP contribution in [0, 0.1) is 0 Å². The molecule has 2 aromatic rings. The van der Waals surface area contributed by atoms with E-state index >= 15 is 0 Å². The van der Waals surface area contributed by atoms with Gasteiger partial charge in [-0.05, 0) is 36.1 Å². The summed E-state index contributed by atoms with van der Waals surface area (Å²) in [7, 11) is 0. The van der Waals surface area contributed by atoms with Crippen molar-refractivity contribution in [2.45, 2.75) is 32.7 Å². The largest absolute Gasteiger partial charge is 0.351 e. The number of hydrogen-bond acceptors (Lipinski definition) is 4. The van der Waals surface area contributed by atoms with Crippen LogP contribution in [-0.2, 0) is 13.0 Å². The van der Waals surface area contributed by atoms with E-state index in [1.807, 2.05) is 6.07 Å². The van der Waals surface area contributed by atoms with E-state index < -0.39 is 0 Å². The van der Waals surface area contributed by atoms with Gasteiger partial charge in [0.15, 0.2) is 11.5 Å².